The van der Waals surface area contributed by atoms with Crippen molar-refractivity contribution in [2.75, 3.05) is 0 Å². The number of rotatable bonds is 5. The van der Waals surface area contributed by atoms with Gasteiger partial charge in [-0.2, -0.15) is 0 Å². The van der Waals surface area contributed by atoms with E-state index in [-0.39, 0.29) is 41.6 Å². The number of aromatic nitrogens is 4. The quantitative estimate of drug-likeness (QED) is 0.175. The van der Waals surface area contributed by atoms with E-state index in [1.54, 1.807) is 11.3 Å². The highest BCUT2D eigenvalue weighted by atomic mass is 32.1. The number of thiophene rings is 2. The molecule has 0 fully saturated rings. The van der Waals surface area contributed by atoms with E-state index in [1.165, 1.54) is 22.1 Å². The van der Waals surface area contributed by atoms with Crippen molar-refractivity contribution in [1.82, 2.24) is 19.5 Å². The van der Waals surface area contributed by atoms with Crippen molar-refractivity contribution in [3.8, 4) is 51.0 Å². The number of fused-ring (bicyclic) bond motifs is 9. The van der Waals surface area contributed by atoms with Crippen molar-refractivity contribution < 1.29 is 8.22 Å². The molecular weight excluding hydrogens is 733 g/mol. The third kappa shape index (κ3) is 5.01. The Bertz CT molecular complexity index is 3840. The Morgan fingerprint density at radius 2 is 1.04 bits per heavy atom. The summed E-state index contributed by atoms with van der Waals surface area (Å²) in [5.74, 6) is 1.39. The molecule has 0 aliphatic heterocycles. The molecule has 0 radical (unpaired) electrons. The molecule has 57 heavy (non-hydrogen) atoms. The van der Waals surface area contributed by atoms with E-state index in [2.05, 4.69) is 59.2 Å². The third-order valence-electron chi connectivity index (χ3n) is 10.6. The van der Waals surface area contributed by atoms with E-state index >= 15 is 0 Å². The van der Waals surface area contributed by atoms with Crippen LogP contribution in [0.4, 0.5) is 0 Å². The van der Waals surface area contributed by atoms with Gasteiger partial charge in [0.15, 0.2) is 17.5 Å². The Morgan fingerprint density at radius 3 is 1.86 bits per heavy atom. The van der Waals surface area contributed by atoms with Crippen molar-refractivity contribution in [2.45, 2.75) is 0 Å². The van der Waals surface area contributed by atoms with Crippen molar-refractivity contribution in [3.05, 3.63) is 182 Å². The van der Waals surface area contributed by atoms with Crippen molar-refractivity contribution in [2.24, 2.45) is 0 Å². The van der Waals surface area contributed by atoms with Gasteiger partial charge in [0.25, 0.3) is 0 Å². The molecule has 4 heterocycles. The summed E-state index contributed by atoms with van der Waals surface area (Å²) < 4.78 is 59.8. The van der Waals surface area contributed by atoms with Crippen molar-refractivity contribution >= 4 is 84.8 Å². The zero-order valence-corrected chi connectivity index (χ0v) is 31.6. The maximum Gasteiger partial charge on any atom is 0.166 e. The summed E-state index contributed by atoms with van der Waals surface area (Å²) >= 11 is 2.95. The molecule has 0 amide bonds. The number of para-hydroxylation sites is 3. The van der Waals surface area contributed by atoms with Gasteiger partial charge in [-0.1, -0.05) is 145 Å². The number of hydrogen-bond donors (Lipinski definition) is 0. The fraction of sp³-hybridized carbons (Fsp3) is 0. The smallest absolute Gasteiger partial charge is 0.166 e. The highest BCUT2D eigenvalue weighted by molar-refractivity contribution is 7.26. The van der Waals surface area contributed by atoms with E-state index in [0.717, 1.165) is 48.4 Å². The molecule has 6 heteroatoms. The predicted molar refractivity (Wildman–Crippen MR) is 242 cm³/mol. The van der Waals surface area contributed by atoms with Gasteiger partial charge in [-0.15, -0.1) is 22.7 Å². The van der Waals surface area contributed by atoms with E-state index < -0.39 is 0 Å². The molecule has 0 saturated carbocycles. The topological polar surface area (TPSA) is 43.6 Å². The molecule has 4 nitrogen and oxygen atoms in total. The van der Waals surface area contributed by atoms with E-state index in [4.69, 9.17) is 19.1 Å². The summed E-state index contributed by atoms with van der Waals surface area (Å²) in [5, 5.41) is 4.80. The van der Waals surface area contributed by atoms with Crippen LogP contribution in [0.15, 0.2) is 182 Å². The van der Waals surface area contributed by atoms with Gasteiger partial charge in [-0.25, -0.2) is 15.0 Å². The second-order valence-electron chi connectivity index (χ2n) is 13.8. The lowest BCUT2D eigenvalue weighted by atomic mass is 9.97. The van der Waals surface area contributed by atoms with E-state index in [1.807, 2.05) is 84.9 Å². The summed E-state index contributed by atoms with van der Waals surface area (Å²) in [6, 6.07) is 47.1. The van der Waals surface area contributed by atoms with E-state index in [9.17, 15) is 4.11 Å². The Hall–Kier alpha value is -6.99. The molecule has 4 aromatic heterocycles. The van der Waals surface area contributed by atoms with E-state index in [0.29, 0.717) is 54.6 Å². The molecular formula is C51H30N4S2. The van der Waals surface area contributed by atoms with Crippen LogP contribution in [0.1, 0.15) is 8.22 Å². The molecule has 0 saturated heterocycles. The van der Waals surface area contributed by atoms with Gasteiger partial charge in [0.2, 0.25) is 0 Å². The zero-order chi connectivity index (χ0) is 42.7. The molecule has 266 valence electrons. The fourth-order valence-corrected chi connectivity index (χ4v) is 10.4. The lowest BCUT2D eigenvalue weighted by Crippen LogP contribution is -2.05. The minimum atomic E-state index is -0.304. The van der Waals surface area contributed by atoms with Gasteiger partial charge in [-0.05, 0) is 36.4 Å². The minimum Gasteiger partial charge on any atom is -0.308 e. The highest BCUT2D eigenvalue weighted by Crippen LogP contribution is 2.46. The highest BCUT2D eigenvalue weighted by Gasteiger charge is 2.24. The summed E-state index contributed by atoms with van der Waals surface area (Å²) in [6.45, 7) is 0. The summed E-state index contributed by atoms with van der Waals surface area (Å²) in [7, 11) is 0. The SMILES string of the molecule is [2H]c1cc([2H])c2sc3c(-c4cccc(-c5nc(-c6ccccc6)nc(-c6cccc7sc8ccccc8c67)n5)c4-n4c5ccccc5c5ccccc54)c([2H])c([2H])c([2H])c3c2c1[2H]. The first-order valence-corrected chi connectivity index (χ1v) is 20.2. The second kappa shape index (κ2) is 12.8. The lowest BCUT2D eigenvalue weighted by molar-refractivity contribution is 1.07. The molecule has 0 N–H and O–H groups in total. The lowest BCUT2D eigenvalue weighted by Gasteiger charge is -2.19. The zero-order valence-electron chi connectivity index (χ0n) is 36.0. The van der Waals surface area contributed by atoms with Crippen LogP contribution < -0.4 is 0 Å². The minimum absolute atomic E-state index is 0.0616. The van der Waals surface area contributed by atoms with Crippen LogP contribution in [0.25, 0.3) is 113 Å². The summed E-state index contributed by atoms with van der Waals surface area (Å²) in [6.07, 6.45) is 0. The molecule has 12 aromatic rings. The first-order valence-electron chi connectivity index (χ1n) is 21.5. The van der Waals surface area contributed by atoms with Crippen LogP contribution in [-0.2, 0) is 0 Å². The normalized spacial score (nSPS) is 13.3. The second-order valence-corrected chi connectivity index (χ2v) is 15.9. The van der Waals surface area contributed by atoms with Gasteiger partial charge in [0, 0.05) is 78.9 Å². The van der Waals surface area contributed by atoms with Gasteiger partial charge in [0.1, 0.15) is 0 Å². The predicted octanol–water partition coefficient (Wildman–Crippen LogP) is 14.4. The average Bonchev–Trinajstić information content (AvgIpc) is 4.01. The Balaban J connectivity index is 1.25. The van der Waals surface area contributed by atoms with Gasteiger partial charge in [0.05, 0.1) is 24.9 Å². The molecule has 0 spiro atoms. The van der Waals surface area contributed by atoms with Crippen LogP contribution in [0.3, 0.4) is 0 Å². The number of hydrogen-bond acceptors (Lipinski definition) is 5. The monoisotopic (exact) mass is 768 g/mol. The molecule has 0 atom stereocenters. The average molecular weight is 769 g/mol. The van der Waals surface area contributed by atoms with Crippen LogP contribution >= 0.6 is 22.7 Å². The van der Waals surface area contributed by atoms with Gasteiger partial charge in [-0.3, -0.25) is 0 Å². The molecule has 0 unspecified atom stereocenters. The Kier molecular flexibility index (Phi) is 6.00. The number of benzene rings is 8. The van der Waals surface area contributed by atoms with Gasteiger partial charge < -0.3 is 4.57 Å². The Labute approximate surface area is 344 Å². The maximum atomic E-state index is 9.64. The summed E-state index contributed by atoms with van der Waals surface area (Å²) in [5.41, 5.74) is 5.79. The molecule has 12 rings (SSSR count). The van der Waals surface area contributed by atoms with Crippen molar-refractivity contribution in [1.29, 1.82) is 0 Å². The molecule has 0 bridgehead atoms. The standard InChI is InChI=1S/C51H30N4S2/c1-2-15-31(16-3-1)49-52-50(39-24-14-30-45-46(39)38-20-7-11-29-44(38)56-45)54-51(53-49)40-25-12-21-35(37-23-13-22-36-34-19-6-10-28-43(34)57-48(36)37)47(40)55-41-26-8-4-17-32(41)33-18-5-9-27-42(33)55/h1-30H/i6D,13D,19D,22D,23D,28D. The van der Waals surface area contributed by atoms with Crippen LogP contribution in [-0.4, -0.2) is 19.5 Å². The third-order valence-corrected chi connectivity index (χ3v) is 12.9. The number of nitrogens with zero attached hydrogens (tertiary/aromatic N) is 4. The molecule has 8 aromatic carbocycles. The van der Waals surface area contributed by atoms with Crippen molar-refractivity contribution in [3.63, 3.8) is 0 Å². The first-order chi connectivity index (χ1) is 30.8. The van der Waals surface area contributed by atoms with Crippen LogP contribution in [0.5, 0.6) is 0 Å². The van der Waals surface area contributed by atoms with Crippen LogP contribution in [0, 0.1) is 0 Å². The largest absolute Gasteiger partial charge is 0.308 e. The van der Waals surface area contributed by atoms with Crippen LogP contribution in [0.2, 0.25) is 0 Å². The fourth-order valence-electron chi connectivity index (χ4n) is 8.18. The Morgan fingerprint density at radius 1 is 0.404 bits per heavy atom. The maximum absolute atomic E-state index is 9.64. The first kappa shape index (κ1) is 26.8. The summed E-state index contributed by atoms with van der Waals surface area (Å²) in [4.78, 5) is 15.8. The molecule has 0 aliphatic rings. The van der Waals surface area contributed by atoms with Gasteiger partial charge >= 0.3 is 0 Å². The molecule has 0 aliphatic carbocycles.